The lowest BCUT2D eigenvalue weighted by molar-refractivity contribution is 0.0923. The Kier molecular flexibility index (Phi) is 6.01. The van der Waals surface area contributed by atoms with Gasteiger partial charge >= 0.3 is 0 Å². The molecule has 1 saturated carbocycles. The minimum atomic E-state index is -0.374. The number of rotatable bonds is 5. The first kappa shape index (κ1) is 22.1. The van der Waals surface area contributed by atoms with E-state index in [0.717, 1.165) is 36.7 Å². The van der Waals surface area contributed by atoms with Crippen molar-refractivity contribution in [3.8, 4) is 0 Å². The Balaban J connectivity index is 1.24. The number of hydrogen-bond acceptors (Lipinski definition) is 3. The predicted octanol–water partition coefficient (Wildman–Crippen LogP) is 4.68. The van der Waals surface area contributed by atoms with Crippen molar-refractivity contribution in [2.24, 2.45) is 0 Å². The Morgan fingerprint density at radius 2 is 2.00 bits per heavy atom. The number of aryl methyl sites for hydroxylation is 1. The molecular weight excluding hydrogens is 431 g/mol. The van der Waals surface area contributed by atoms with Gasteiger partial charge in [-0.2, -0.15) is 0 Å². The van der Waals surface area contributed by atoms with Crippen molar-refractivity contribution in [2.75, 3.05) is 0 Å². The van der Waals surface area contributed by atoms with Crippen LogP contribution in [0.1, 0.15) is 58.6 Å². The summed E-state index contributed by atoms with van der Waals surface area (Å²) in [6.07, 6.45) is 9.09. The Bertz CT molecular complexity index is 1400. The highest BCUT2D eigenvalue weighted by Crippen LogP contribution is 2.36. The van der Waals surface area contributed by atoms with Crippen molar-refractivity contribution in [2.45, 2.75) is 51.1 Å². The zero-order valence-corrected chi connectivity index (χ0v) is 19.1. The van der Waals surface area contributed by atoms with Crippen LogP contribution in [0.5, 0.6) is 0 Å². The number of nitrogens with zero attached hydrogens (tertiary/aromatic N) is 2. The van der Waals surface area contributed by atoms with Crippen molar-refractivity contribution in [3.05, 3.63) is 99.5 Å². The third-order valence-corrected chi connectivity index (χ3v) is 6.84. The number of hydrogen-bond donors (Lipinski definition) is 2. The summed E-state index contributed by atoms with van der Waals surface area (Å²) in [4.78, 5) is 33.5. The second-order valence-corrected chi connectivity index (χ2v) is 9.10. The molecule has 0 aliphatic heterocycles. The maximum absolute atomic E-state index is 13.9. The molecular formula is C27H27FN4O2. The summed E-state index contributed by atoms with van der Waals surface area (Å²) in [6, 6.07) is 12.2. The van der Waals surface area contributed by atoms with E-state index in [1.54, 1.807) is 43.6 Å². The highest BCUT2D eigenvalue weighted by molar-refractivity contribution is 5.94. The second-order valence-electron chi connectivity index (χ2n) is 9.10. The third kappa shape index (κ3) is 4.38. The van der Waals surface area contributed by atoms with E-state index in [0.29, 0.717) is 17.0 Å². The number of H-pyrrole nitrogens is 1. The fourth-order valence-corrected chi connectivity index (χ4v) is 4.89. The van der Waals surface area contributed by atoms with Crippen LogP contribution < -0.4 is 10.9 Å². The fourth-order valence-electron chi connectivity index (χ4n) is 4.89. The number of pyridine rings is 2. The van der Waals surface area contributed by atoms with Gasteiger partial charge in [0.05, 0.1) is 6.54 Å². The molecule has 3 heterocycles. The average molecular weight is 459 g/mol. The molecule has 3 aromatic heterocycles. The van der Waals surface area contributed by atoms with Crippen molar-refractivity contribution in [3.63, 3.8) is 0 Å². The van der Waals surface area contributed by atoms with Crippen LogP contribution in [-0.2, 0) is 6.54 Å². The van der Waals surface area contributed by atoms with Gasteiger partial charge in [0.15, 0.2) is 0 Å². The summed E-state index contributed by atoms with van der Waals surface area (Å²) in [5.41, 5.74) is 3.16. The van der Waals surface area contributed by atoms with Crippen LogP contribution in [0.25, 0.3) is 11.0 Å². The molecule has 4 aromatic rings. The molecule has 34 heavy (non-hydrogen) atoms. The van der Waals surface area contributed by atoms with Crippen LogP contribution in [0.15, 0.2) is 65.8 Å². The normalized spacial score (nSPS) is 18.2. The zero-order chi connectivity index (χ0) is 23.7. The van der Waals surface area contributed by atoms with Gasteiger partial charge in [0, 0.05) is 30.0 Å². The van der Waals surface area contributed by atoms with Gasteiger partial charge in [-0.3, -0.25) is 9.59 Å². The molecule has 1 aliphatic carbocycles. The molecule has 174 valence electrons. The number of carbonyl (C=O) groups excluding carboxylic acids is 1. The summed E-state index contributed by atoms with van der Waals surface area (Å²) in [5.74, 6) is -0.233. The van der Waals surface area contributed by atoms with Gasteiger partial charge in [-0.15, -0.1) is 0 Å². The lowest BCUT2D eigenvalue weighted by Gasteiger charge is -2.29. The lowest BCUT2D eigenvalue weighted by atomic mass is 9.81. The van der Waals surface area contributed by atoms with E-state index >= 15 is 0 Å². The minimum Gasteiger partial charge on any atom is -0.349 e. The van der Waals surface area contributed by atoms with E-state index in [9.17, 15) is 14.0 Å². The molecule has 1 aliphatic rings. The number of aromatic amines is 1. The van der Waals surface area contributed by atoms with Crippen LogP contribution in [0.2, 0.25) is 0 Å². The second kappa shape index (κ2) is 9.25. The van der Waals surface area contributed by atoms with Crippen molar-refractivity contribution in [1.82, 2.24) is 19.9 Å². The van der Waals surface area contributed by atoms with E-state index < -0.39 is 0 Å². The van der Waals surface area contributed by atoms with Crippen molar-refractivity contribution in [1.29, 1.82) is 0 Å². The number of nitrogens with one attached hydrogen (secondary N) is 2. The molecule has 1 amide bonds. The summed E-state index contributed by atoms with van der Waals surface area (Å²) < 4.78 is 15.3. The number of fused-ring (bicyclic) bond motifs is 1. The van der Waals surface area contributed by atoms with Gasteiger partial charge in [-0.1, -0.05) is 12.1 Å². The van der Waals surface area contributed by atoms with E-state index in [1.165, 1.54) is 16.2 Å². The molecule has 0 bridgehead atoms. The molecule has 1 aromatic carbocycles. The Labute approximate surface area is 196 Å². The van der Waals surface area contributed by atoms with Crippen LogP contribution in [0.3, 0.4) is 0 Å². The quantitative estimate of drug-likeness (QED) is 0.456. The number of aromatic nitrogens is 3. The molecule has 5 rings (SSSR count). The minimum absolute atomic E-state index is 0.0336. The Morgan fingerprint density at radius 1 is 1.18 bits per heavy atom. The summed E-state index contributed by atoms with van der Waals surface area (Å²) in [6.45, 7) is 1.91. The van der Waals surface area contributed by atoms with Crippen molar-refractivity contribution >= 4 is 16.9 Å². The monoisotopic (exact) mass is 458 g/mol. The van der Waals surface area contributed by atoms with Crippen LogP contribution >= 0.6 is 0 Å². The standard InChI is InChI=1S/C27H27FN4O2/c1-17-6-7-18(14-24(17)28)16-32-13-3-5-22(27(32)34)26(33)31-20-10-8-19(9-11-20)23-15-30-25-21(23)4-2-12-29-25/h2-7,12-15,19-20H,8-11,16H2,1H3,(H,29,30)(H,31,33). The molecule has 2 N–H and O–H groups in total. The predicted molar refractivity (Wildman–Crippen MR) is 129 cm³/mol. The smallest absolute Gasteiger partial charge is 0.263 e. The van der Waals surface area contributed by atoms with Crippen LogP contribution in [0, 0.1) is 12.7 Å². The fraction of sp³-hybridized carbons (Fsp3) is 0.296. The van der Waals surface area contributed by atoms with Gasteiger partial charge in [-0.25, -0.2) is 9.37 Å². The summed E-state index contributed by atoms with van der Waals surface area (Å²) in [5, 5.41) is 4.21. The first-order valence-corrected chi connectivity index (χ1v) is 11.7. The average Bonchev–Trinajstić information content (AvgIpc) is 3.27. The summed E-state index contributed by atoms with van der Waals surface area (Å²) >= 11 is 0. The molecule has 1 fully saturated rings. The van der Waals surface area contributed by atoms with E-state index in [-0.39, 0.29) is 35.4 Å². The SMILES string of the molecule is Cc1ccc(Cn2cccc(C(=O)NC3CCC(c4c[nH]c5ncccc45)CC3)c2=O)cc1F. The zero-order valence-electron chi connectivity index (χ0n) is 19.1. The first-order valence-electron chi connectivity index (χ1n) is 11.7. The molecule has 0 unspecified atom stereocenters. The Hall–Kier alpha value is -3.74. The molecule has 6 nitrogen and oxygen atoms in total. The highest BCUT2D eigenvalue weighted by atomic mass is 19.1. The topological polar surface area (TPSA) is 79.8 Å². The van der Waals surface area contributed by atoms with Crippen LogP contribution in [-0.4, -0.2) is 26.5 Å². The highest BCUT2D eigenvalue weighted by Gasteiger charge is 2.26. The number of benzene rings is 1. The molecule has 0 saturated heterocycles. The largest absolute Gasteiger partial charge is 0.349 e. The van der Waals surface area contributed by atoms with Gasteiger partial charge in [0.1, 0.15) is 17.0 Å². The molecule has 0 atom stereocenters. The van der Waals surface area contributed by atoms with Gasteiger partial charge in [0.2, 0.25) is 0 Å². The number of halogens is 1. The maximum atomic E-state index is 13.9. The lowest BCUT2D eigenvalue weighted by Crippen LogP contribution is -2.40. The van der Waals surface area contributed by atoms with Gasteiger partial charge in [-0.05, 0) is 85.5 Å². The first-order chi connectivity index (χ1) is 16.5. The van der Waals surface area contributed by atoms with Crippen LogP contribution in [0.4, 0.5) is 4.39 Å². The van der Waals surface area contributed by atoms with Crippen molar-refractivity contribution < 1.29 is 9.18 Å². The maximum Gasteiger partial charge on any atom is 0.263 e. The number of carbonyl (C=O) groups is 1. The third-order valence-electron chi connectivity index (χ3n) is 6.84. The Morgan fingerprint density at radius 3 is 2.79 bits per heavy atom. The van der Waals surface area contributed by atoms with E-state index in [4.69, 9.17) is 0 Å². The molecule has 0 radical (unpaired) electrons. The van der Waals surface area contributed by atoms with Gasteiger partial charge < -0.3 is 14.9 Å². The van der Waals surface area contributed by atoms with Gasteiger partial charge in [0.25, 0.3) is 11.5 Å². The number of amides is 1. The summed E-state index contributed by atoms with van der Waals surface area (Å²) in [7, 11) is 0. The van der Waals surface area contributed by atoms with E-state index in [1.807, 2.05) is 12.3 Å². The molecule has 7 heteroatoms. The molecule has 0 spiro atoms. The van der Waals surface area contributed by atoms with E-state index in [2.05, 4.69) is 21.4 Å².